The largest absolute Gasteiger partial charge is 0.324 e. The van der Waals surface area contributed by atoms with Crippen LogP contribution in [0.4, 0.5) is 5.69 Å². The Labute approximate surface area is 66.5 Å². The van der Waals surface area contributed by atoms with Gasteiger partial charge in [-0.15, -0.1) is 0 Å². The van der Waals surface area contributed by atoms with Crippen LogP contribution in [0, 0.1) is 6.57 Å². The van der Waals surface area contributed by atoms with Crippen molar-refractivity contribution in [1.29, 1.82) is 0 Å². The summed E-state index contributed by atoms with van der Waals surface area (Å²) in [5.41, 5.74) is 7.30. The van der Waals surface area contributed by atoms with E-state index >= 15 is 0 Å². The molecule has 0 fully saturated rings. The molecule has 1 aromatic carbocycles. The zero-order chi connectivity index (χ0) is 8.27. The second kappa shape index (κ2) is 3.18. The first kappa shape index (κ1) is 7.77. The third kappa shape index (κ3) is 1.79. The second-order valence-corrected chi connectivity index (χ2v) is 2.50. The van der Waals surface area contributed by atoms with Gasteiger partial charge in [0.25, 0.3) is 0 Å². The lowest BCUT2D eigenvalue weighted by Crippen LogP contribution is -2.03. The Morgan fingerprint density at radius 2 is 2.27 bits per heavy atom. The summed E-state index contributed by atoms with van der Waals surface area (Å²) in [6.07, 6.45) is 0. The minimum absolute atomic E-state index is 0.0108. The Balaban J connectivity index is 3.03. The maximum Gasteiger partial charge on any atom is 0.187 e. The molecule has 0 radical (unpaired) electrons. The minimum Gasteiger partial charge on any atom is -0.324 e. The molecule has 0 aliphatic heterocycles. The highest BCUT2D eigenvalue weighted by atomic mass is 14.6. The van der Waals surface area contributed by atoms with Gasteiger partial charge in [0.2, 0.25) is 0 Å². The second-order valence-electron chi connectivity index (χ2n) is 2.50. The van der Waals surface area contributed by atoms with Crippen molar-refractivity contribution < 1.29 is 0 Å². The molecule has 11 heavy (non-hydrogen) atoms. The molecule has 0 heterocycles. The van der Waals surface area contributed by atoms with Crippen molar-refractivity contribution in [2.75, 3.05) is 0 Å². The van der Waals surface area contributed by atoms with Crippen molar-refractivity contribution in [3.05, 3.63) is 41.2 Å². The van der Waals surface area contributed by atoms with Crippen molar-refractivity contribution in [3.63, 3.8) is 0 Å². The van der Waals surface area contributed by atoms with E-state index in [2.05, 4.69) is 4.85 Å². The SMILES string of the molecule is [C-]#[N+]c1cccc([C@@H](C)N)c1. The third-order valence-corrected chi connectivity index (χ3v) is 1.53. The smallest absolute Gasteiger partial charge is 0.187 e. The third-order valence-electron chi connectivity index (χ3n) is 1.53. The van der Waals surface area contributed by atoms with Gasteiger partial charge in [0, 0.05) is 6.04 Å². The zero-order valence-corrected chi connectivity index (χ0v) is 6.41. The van der Waals surface area contributed by atoms with E-state index in [0.717, 1.165) is 5.56 Å². The van der Waals surface area contributed by atoms with Crippen molar-refractivity contribution >= 4 is 5.69 Å². The molecule has 0 amide bonds. The summed E-state index contributed by atoms with van der Waals surface area (Å²) < 4.78 is 0. The van der Waals surface area contributed by atoms with Gasteiger partial charge in [-0.2, -0.15) is 0 Å². The molecule has 1 atom stereocenters. The number of nitrogens with two attached hydrogens (primary N) is 1. The quantitative estimate of drug-likeness (QED) is 0.605. The lowest BCUT2D eigenvalue weighted by Gasteiger charge is -2.04. The van der Waals surface area contributed by atoms with Gasteiger partial charge in [0.05, 0.1) is 6.57 Å². The van der Waals surface area contributed by atoms with Crippen LogP contribution in [0.3, 0.4) is 0 Å². The van der Waals surface area contributed by atoms with Crippen LogP contribution in [0.1, 0.15) is 18.5 Å². The van der Waals surface area contributed by atoms with Crippen LogP contribution in [0.25, 0.3) is 4.85 Å². The number of nitrogens with zero attached hydrogens (tertiary/aromatic N) is 1. The Morgan fingerprint density at radius 3 is 2.82 bits per heavy atom. The van der Waals surface area contributed by atoms with Crippen molar-refractivity contribution in [2.24, 2.45) is 5.73 Å². The van der Waals surface area contributed by atoms with Gasteiger partial charge in [-0.3, -0.25) is 0 Å². The lowest BCUT2D eigenvalue weighted by atomic mass is 10.1. The van der Waals surface area contributed by atoms with Gasteiger partial charge in [0.1, 0.15) is 0 Å². The summed E-state index contributed by atoms with van der Waals surface area (Å²) in [5, 5.41) is 0. The summed E-state index contributed by atoms with van der Waals surface area (Å²) in [6, 6.07) is 7.39. The lowest BCUT2D eigenvalue weighted by molar-refractivity contribution is 0.819. The first-order valence-corrected chi connectivity index (χ1v) is 3.47. The summed E-state index contributed by atoms with van der Waals surface area (Å²) in [6.45, 7) is 8.67. The van der Waals surface area contributed by atoms with Crippen LogP contribution in [0.2, 0.25) is 0 Å². The Bertz CT molecular complexity index is 284. The van der Waals surface area contributed by atoms with Gasteiger partial charge < -0.3 is 5.73 Å². The molecule has 1 aromatic rings. The molecule has 56 valence electrons. The highest BCUT2D eigenvalue weighted by Crippen LogP contribution is 2.17. The van der Waals surface area contributed by atoms with Crippen molar-refractivity contribution in [3.8, 4) is 0 Å². The van der Waals surface area contributed by atoms with E-state index in [4.69, 9.17) is 12.3 Å². The molecular formula is C9H10N2. The van der Waals surface area contributed by atoms with E-state index in [1.165, 1.54) is 0 Å². The fourth-order valence-corrected chi connectivity index (χ4v) is 0.878. The summed E-state index contributed by atoms with van der Waals surface area (Å²) in [5.74, 6) is 0. The Hall–Kier alpha value is -1.33. The van der Waals surface area contributed by atoms with Gasteiger partial charge >= 0.3 is 0 Å². The molecule has 0 saturated carbocycles. The first-order chi connectivity index (χ1) is 5.24. The number of benzene rings is 1. The highest BCUT2D eigenvalue weighted by molar-refractivity contribution is 5.47. The molecule has 0 aromatic heterocycles. The van der Waals surface area contributed by atoms with Crippen LogP contribution in [-0.2, 0) is 0 Å². The molecule has 0 spiro atoms. The molecule has 0 aliphatic carbocycles. The minimum atomic E-state index is 0.0108. The van der Waals surface area contributed by atoms with Gasteiger partial charge in [-0.05, 0) is 12.5 Å². The molecule has 2 nitrogen and oxygen atoms in total. The van der Waals surface area contributed by atoms with E-state index in [-0.39, 0.29) is 6.04 Å². The van der Waals surface area contributed by atoms with Crippen molar-refractivity contribution in [2.45, 2.75) is 13.0 Å². The number of hydrogen-bond donors (Lipinski definition) is 1. The maximum atomic E-state index is 6.77. The fraction of sp³-hybridized carbons (Fsp3) is 0.222. The maximum absolute atomic E-state index is 6.77. The predicted molar refractivity (Wildman–Crippen MR) is 45.3 cm³/mol. The molecule has 0 aliphatic rings. The summed E-state index contributed by atoms with van der Waals surface area (Å²) in [7, 11) is 0. The molecular weight excluding hydrogens is 136 g/mol. The predicted octanol–water partition coefficient (Wildman–Crippen LogP) is 2.26. The molecule has 0 bridgehead atoms. The van der Waals surface area contributed by atoms with Crippen LogP contribution in [0.5, 0.6) is 0 Å². The van der Waals surface area contributed by atoms with Crippen molar-refractivity contribution in [1.82, 2.24) is 0 Å². The van der Waals surface area contributed by atoms with E-state index in [0.29, 0.717) is 5.69 Å². The standard InChI is InChI=1S/C9H10N2/c1-7(10)8-4-3-5-9(6-8)11-2/h3-7H,10H2,1H3/t7-/m1/s1. The van der Waals surface area contributed by atoms with Gasteiger partial charge in [-0.25, -0.2) is 4.85 Å². The average Bonchev–Trinajstić information content (AvgIpc) is 2.05. The molecule has 2 N–H and O–H groups in total. The summed E-state index contributed by atoms with van der Waals surface area (Å²) >= 11 is 0. The molecule has 1 rings (SSSR count). The van der Waals surface area contributed by atoms with Gasteiger partial charge in [-0.1, -0.05) is 24.3 Å². The topological polar surface area (TPSA) is 30.4 Å². The van der Waals surface area contributed by atoms with E-state index in [9.17, 15) is 0 Å². The number of rotatable bonds is 1. The van der Waals surface area contributed by atoms with Crippen LogP contribution < -0.4 is 5.73 Å². The van der Waals surface area contributed by atoms with Crippen LogP contribution in [0.15, 0.2) is 24.3 Å². The Kier molecular flexibility index (Phi) is 2.25. The normalized spacial score (nSPS) is 12.1. The Morgan fingerprint density at radius 1 is 1.55 bits per heavy atom. The average molecular weight is 146 g/mol. The molecule has 2 heteroatoms. The number of hydrogen-bond acceptors (Lipinski definition) is 1. The van der Waals surface area contributed by atoms with E-state index in [1.807, 2.05) is 25.1 Å². The van der Waals surface area contributed by atoms with Gasteiger partial charge in [0.15, 0.2) is 5.69 Å². The fourth-order valence-electron chi connectivity index (χ4n) is 0.878. The van der Waals surface area contributed by atoms with Crippen LogP contribution >= 0.6 is 0 Å². The van der Waals surface area contributed by atoms with E-state index in [1.54, 1.807) is 6.07 Å². The molecule has 0 saturated heterocycles. The molecule has 0 unspecified atom stereocenters. The first-order valence-electron chi connectivity index (χ1n) is 3.47. The monoisotopic (exact) mass is 146 g/mol. The zero-order valence-electron chi connectivity index (χ0n) is 6.41. The highest BCUT2D eigenvalue weighted by Gasteiger charge is 1.98. The summed E-state index contributed by atoms with van der Waals surface area (Å²) in [4.78, 5) is 3.31. The van der Waals surface area contributed by atoms with E-state index < -0.39 is 0 Å². The van der Waals surface area contributed by atoms with Crippen LogP contribution in [-0.4, -0.2) is 0 Å².